The first kappa shape index (κ1) is 12.5. The third kappa shape index (κ3) is 2.29. The molecule has 9 heteroatoms. The molecule has 0 radical (unpaired) electrons. The van der Waals surface area contributed by atoms with Gasteiger partial charge in [0, 0.05) is 0 Å². The average Bonchev–Trinajstić information content (AvgIpc) is 2.48. The van der Waals surface area contributed by atoms with Gasteiger partial charge in [0.1, 0.15) is 0 Å². The normalized spacial score (nSPS) is 52.0. The fourth-order valence-corrected chi connectivity index (χ4v) is 5.57. The predicted molar refractivity (Wildman–Crippen MR) is 77.6 cm³/mol. The van der Waals surface area contributed by atoms with E-state index in [0.717, 1.165) is 55.3 Å². The molecule has 6 atom stereocenters. The van der Waals surface area contributed by atoms with Gasteiger partial charge in [0.05, 0.1) is 55.3 Å². The molecule has 4 heterocycles. The summed E-state index contributed by atoms with van der Waals surface area (Å²) < 4.78 is 0. The molecule has 4 aliphatic heterocycles. The van der Waals surface area contributed by atoms with Gasteiger partial charge in [-0.05, 0) is 0 Å². The van der Waals surface area contributed by atoms with E-state index in [1.54, 1.807) is 0 Å². The molecule has 4 fully saturated rings. The first-order valence-corrected chi connectivity index (χ1v) is 9.59. The summed E-state index contributed by atoms with van der Waals surface area (Å²) in [5.41, 5.74) is 0. The van der Waals surface area contributed by atoms with Crippen molar-refractivity contribution in [3.63, 3.8) is 0 Å². The average molecular weight is 306 g/mol. The molecule has 0 spiro atoms. The Morgan fingerprint density at radius 3 is 0.833 bits per heavy atom. The van der Waals surface area contributed by atoms with Gasteiger partial charge < -0.3 is 0 Å². The molecule has 0 aromatic carbocycles. The van der Waals surface area contributed by atoms with Crippen molar-refractivity contribution in [2.24, 2.45) is 0 Å². The first-order chi connectivity index (χ1) is 8.90. The number of hydrazine groups is 3. The van der Waals surface area contributed by atoms with Crippen molar-refractivity contribution in [3.05, 3.63) is 0 Å². The number of nitrogens with zero attached hydrogens (tertiary/aromatic N) is 6. The molecular weight excluding hydrogens is 288 g/mol. The maximum absolute atomic E-state index is 2.50. The van der Waals surface area contributed by atoms with E-state index in [1.165, 1.54) is 0 Å². The van der Waals surface area contributed by atoms with E-state index in [4.69, 9.17) is 0 Å². The third-order valence-electron chi connectivity index (χ3n) is 3.62. The Balaban J connectivity index is 1.63. The fourth-order valence-electron chi connectivity index (χ4n) is 2.59. The van der Waals surface area contributed by atoms with Crippen molar-refractivity contribution >= 4 is 35.3 Å². The molecule has 0 N–H and O–H groups in total. The van der Waals surface area contributed by atoms with Crippen LogP contribution in [-0.2, 0) is 0 Å². The van der Waals surface area contributed by atoms with E-state index in [2.05, 4.69) is 30.1 Å². The van der Waals surface area contributed by atoms with Crippen molar-refractivity contribution in [2.75, 3.05) is 55.3 Å². The Morgan fingerprint density at radius 1 is 0.389 bits per heavy atom. The Kier molecular flexibility index (Phi) is 3.69. The van der Waals surface area contributed by atoms with Crippen molar-refractivity contribution in [2.45, 2.75) is 0 Å². The molecule has 102 valence electrons. The number of hydrogen-bond acceptors (Lipinski definition) is 9. The van der Waals surface area contributed by atoms with Crippen molar-refractivity contribution in [1.29, 1.82) is 0 Å². The standard InChI is InChI=1S/C9H18N6S3/c1-10-4-16-5-11(1)13-3-15(9-18-7-13)14-2-12(10)6-17-8-14/h1-9H2. The summed E-state index contributed by atoms with van der Waals surface area (Å²) in [6.07, 6.45) is 0. The quantitative estimate of drug-likeness (QED) is 0.628. The second kappa shape index (κ2) is 5.30. The Hall–Kier alpha value is 0.810. The minimum atomic E-state index is 1.05. The molecule has 4 aliphatic rings. The summed E-state index contributed by atoms with van der Waals surface area (Å²) in [6, 6.07) is 0. The van der Waals surface area contributed by atoms with Crippen LogP contribution in [0.4, 0.5) is 0 Å². The van der Waals surface area contributed by atoms with Crippen molar-refractivity contribution in [3.8, 4) is 0 Å². The van der Waals surface area contributed by atoms with Gasteiger partial charge >= 0.3 is 0 Å². The van der Waals surface area contributed by atoms with Gasteiger partial charge in [-0.15, -0.1) is 35.3 Å². The van der Waals surface area contributed by atoms with Gasteiger partial charge in [-0.25, -0.2) is 30.1 Å². The number of rotatable bonds is 0. The molecular formula is C9H18N6S3. The summed E-state index contributed by atoms with van der Waals surface area (Å²) in [5, 5.41) is 15.0. The fraction of sp³-hybridized carbons (Fsp3) is 1.00. The zero-order valence-electron chi connectivity index (χ0n) is 10.3. The molecule has 0 amide bonds. The summed E-state index contributed by atoms with van der Waals surface area (Å²) in [6.45, 7) is 3.15. The Morgan fingerprint density at radius 2 is 0.611 bits per heavy atom. The van der Waals surface area contributed by atoms with Crippen LogP contribution in [0.5, 0.6) is 0 Å². The van der Waals surface area contributed by atoms with E-state index in [-0.39, 0.29) is 0 Å². The highest BCUT2D eigenvalue weighted by molar-refractivity contribution is 7.99. The van der Waals surface area contributed by atoms with Crippen molar-refractivity contribution < 1.29 is 0 Å². The second-order valence-electron chi connectivity index (χ2n) is 4.85. The van der Waals surface area contributed by atoms with E-state index in [1.807, 2.05) is 35.3 Å². The van der Waals surface area contributed by atoms with Crippen LogP contribution in [0.15, 0.2) is 0 Å². The topological polar surface area (TPSA) is 19.4 Å². The Bertz CT molecular complexity index is 249. The highest BCUT2D eigenvalue weighted by atomic mass is 32.2. The lowest BCUT2D eigenvalue weighted by Crippen LogP contribution is -2.56. The van der Waals surface area contributed by atoms with Gasteiger partial charge in [-0.1, -0.05) is 0 Å². The van der Waals surface area contributed by atoms with Gasteiger partial charge in [0.2, 0.25) is 0 Å². The minimum Gasteiger partial charge on any atom is -0.214 e. The summed E-state index contributed by atoms with van der Waals surface area (Å²) in [5.74, 6) is 6.79. The molecule has 0 aromatic heterocycles. The Labute approximate surface area is 120 Å². The summed E-state index contributed by atoms with van der Waals surface area (Å²) >= 11 is 6.06. The van der Waals surface area contributed by atoms with Crippen LogP contribution >= 0.6 is 35.3 Å². The zero-order chi connectivity index (χ0) is 11.9. The molecule has 6 nitrogen and oxygen atoms in total. The van der Waals surface area contributed by atoms with Gasteiger partial charge in [-0.2, -0.15) is 0 Å². The van der Waals surface area contributed by atoms with Crippen LogP contribution in [0.1, 0.15) is 0 Å². The lowest BCUT2D eigenvalue weighted by Gasteiger charge is -2.44. The summed E-state index contributed by atoms with van der Waals surface area (Å²) in [7, 11) is 0. The summed E-state index contributed by atoms with van der Waals surface area (Å²) in [4.78, 5) is 0. The van der Waals surface area contributed by atoms with Crippen LogP contribution < -0.4 is 0 Å². The maximum atomic E-state index is 2.50. The molecule has 0 saturated carbocycles. The number of fused-ring (bicyclic) bond motifs is 9. The van der Waals surface area contributed by atoms with Gasteiger partial charge in [-0.3, -0.25) is 0 Å². The van der Waals surface area contributed by atoms with E-state index < -0.39 is 0 Å². The maximum Gasteiger partial charge on any atom is 0.0807 e. The smallest absolute Gasteiger partial charge is 0.0807 e. The minimum absolute atomic E-state index is 1.05. The monoisotopic (exact) mass is 306 g/mol. The molecule has 4 rings (SSSR count). The van der Waals surface area contributed by atoms with E-state index in [9.17, 15) is 0 Å². The van der Waals surface area contributed by atoms with Crippen LogP contribution in [0.3, 0.4) is 0 Å². The molecule has 4 saturated heterocycles. The highest BCUT2D eigenvalue weighted by Crippen LogP contribution is 2.30. The number of hydrogen-bond donors (Lipinski definition) is 0. The third-order valence-corrected chi connectivity index (χ3v) is 6.51. The van der Waals surface area contributed by atoms with Crippen LogP contribution in [0, 0.1) is 0 Å². The zero-order valence-corrected chi connectivity index (χ0v) is 12.7. The SMILES string of the molecule is C1SCN2CN1N1CSCN(C1)N1CSCN2C1. The molecule has 18 heavy (non-hydrogen) atoms. The van der Waals surface area contributed by atoms with Crippen LogP contribution in [-0.4, -0.2) is 85.3 Å². The van der Waals surface area contributed by atoms with Crippen LogP contribution in [0.2, 0.25) is 0 Å². The van der Waals surface area contributed by atoms with Gasteiger partial charge in [0.25, 0.3) is 0 Å². The molecule has 6 unspecified atom stereocenters. The first-order valence-electron chi connectivity index (χ1n) is 6.13. The van der Waals surface area contributed by atoms with Gasteiger partial charge in [0.15, 0.2) is 0 Å². The highest BCUT2D eigenvalue weighted by Gasteiger charge is 2.36. The molecule has 6 bridgehead atoms. The number of thioether (sulfide) groups is 3. The largest absolute Gasteiger partial charge is 0.214 e. The predicted octanol–water partition coefficient (Wildman–Crippen LogP) is 0.415. The van der Waals surface area contributed by atoms with Crippen molar-refractivity contribution in [1.82, 2.24) is 30.1 Å². The van der Waals surface area contributed by atoms with Crippen LogP contribution in [0.25, 0.3) is 0 Å². The second-order valence-corrected chi connectivity index (χ2v) is 7.62. The lowest BCUT2D eigenvalue weighted by molar-refractivity contribution is -0.103. The molecule has 0 aromatic rings. The van der Waals surface area contributed by atoms with E-state index >= 15 is 0 Å². The molecule has 0 aliphatic carbocycles. The lowest BCUT2D eigenvalue weighted by atomic mass is 10.8. The van der Waals surface area contributed by atoms with E-state index in [0.29, 0.717) is 0 Å².